The first kappa shape index (κ1) is 49.4. The maximum absolute atomic E-state index is 14.0. The van der Waals surface area contributed by atoms with Gasteiger partial charge in [0.05, 0.1) is 12.1 Å². The Labute approximate surface area is 331 Å². The minimum absolute atomic E-state index is 0.0394. The van der Waals surface area contributed by atoms with Gasteiger partial charge in [-0.25, -0.2) is 4.79 Å². The van der Waals surface area contributed by atoms with E-state index < -0.39 is 102 Å². The first-order valence-corrected chi connectivity index (χ1v) is 19.7. The average molecular weight is 790 g/mol. The van der Waals surface area contributed by atoms with Gasteiger partial charge in [-0.3, -0.25) is 28.8 Å². The maximum atomic E-state index is 14.0. The van der Waals surface area contributed by atoms with Crippen LogP contribution in [0.4, 0.5) is 0 Å². The van der Waals surface area contributed by atoms with Crippen molar-refractivity contribution in [3.05, 3.63) is 35.9 Å². The van der Waals surface area contributed by atoms with Crippen molar-refractivity contribution in [2.45, 2.75) is 150 Å². The zero-order valence-corrected chi connectivity index (χ0v) is 34.7. The number of hydrogen-bond acceptors (Lipinski definition) is 9. The lowest BCUT2D eigenvalue weighted by atomic mass is 9.95. The minimum Gasteiger partial charge on any atom is -0.480 e. The van der Waals surface area contributed by atoms with Crippen molar-refractivity contribution in [1.82, 2.24) is 31.9 Å². The number of carbonyl (C=O) groups is 7. The molecule has 0 fully saturated rings. The molecule has 1 aromatic carbocycles. The van der Waals surface area contributed by atoms with E-state index >= 15 is 0 Å². The average Bonchev–Trinajstić information content (AvgIpc) is 3.14. The summed E-state index contributed by atoms with van der Waals surface area (Å²) in [6, 6.07) is 0.637. The Hall–Kier alpha value is -4.57. The molecule has 0 heterocycles. The standard InChI is InChI=1S/C40H67N7O9/c1-11-22(6)30(37(52)43-29(20-27-17-15-14-16-18-27)36(51)46-32(40(55)56)24(8)13-3)45-35(50)28(19-21(4)5)42-39(54)33(26(10)48)47-38(53)31(23(7)12-2)44-34(49)25(9)41/h14-18,21-26,28-33,48H,11-13,19-20,41H2,1-10H3,(H,42,54)(H,43,52)(H,44,49)(H,45,50)(H,46,51)(H,47,53)(H,55,56)/t22-,23-,24-,25-,26+,28-,29-,30-,31-,32-,33-/m0/s1. The lowest BCUT2D eigenvalue weighted by Gasteiger charge is -2.31. The Morgan fingerprint density at radius 2 is 0.946 bits per heavy atom. The summed E-state index contributed by atoms with van der Waals surface area (Å²) >= 11 is 0. The summed E-state index contributed by atoms with van der Waals surface area (Å²) < 4.78 is 0. The van der Waals surface area contributed by atoms with Crippen molar-refractivity contribution >= 4 is 41.4 Å². The van der Waals surface area contributed by atoms with Crippen LogP contribution < -0.4 is 37.6 Å². The van der Waals surface area contributed by atoms with Gasteiger partial charge in [-0.05, 0) is 49.5 Å². The molecule has 0 unspecified atom stereocenters. The molecular formula is C40H67N7O9. The fourth-order valence-corrected chi connectivity index (χ4v) is 5.81. The second kappa shape index (κ2) is 24.1. The van der Waals surface area contributed by atoms with Gasteiger partial charge in [-0.1, -0.05) is 105 Å². The molecule has 16 heteroatoms. The summed E-state index contributed by atoms with van der Waals surface area (Å²) in [7, 11) is 0. The lowest BCUT2D eigenvalue weighted by Crippen LogP contribution is -2.62. The fourth-order valence-electron chi connectivity index (χ4n) is 5.81. The van der Waals surface area contributed by atoms with Crippen LogP contribution in [0.2, 0.25) is 0 Å². The third-order valence-corrected chi connectivity index (χ3v) is 10.1. The number of carboxylic acids is 1. The first-order valence-electron chi connectivity index (χ1n) is 19.7. The molecule has 1 aromatic rings. The predicted molar refractivity (Wildman–Crippen MR) is 213 cm³/mol. The smallest absolute Gasteiger partial charge is 0.326 e. The largest absolute Gasteiger partial charge is 0.480 e. The lowest BCUT2D eigenvalue weighted by molar-refractivity contribution is -0.144. The number of benzene rings is 1. The molecule has 6 amide bonds. The van der Waals surface area contributed by atoms with Crippen molar-refractivity contribution in [3.63, 3.8) is 0 Å². The number of aliphatic hydroxyl groups is 1. The Morgan fingerprint density at radius 1 is 0.554 bits per heavy atom. The Bertz CT molecular complexity index is 1460. The molecule has 0 saturated carbocycles. The molecule has 1 rings (SSSR count). The molecule has 316 valence electrons. The van der Waals surface area contributed by atoms with E-state index in [1.165, 1.54) is 13.8 Å². The molecule has 0 radical (unpaired) electrons. The molecule has 11 atom stereocenters. The number of carbonyl (C=O) groups excluding carboxylic acids is 6. The Kier molecular flexibility index (Phi) is 21.3. The number of carboxylic acid groups (broad SMARTS) is 1. The molecule has 56 heavy (non-hydrogen) atoms. The molecule has 0 saturated heterocycles. The van der Waals surface area contributed by atoms with Crippen LogP contribution >= 0.6 is 0 Å². The molecule has 0 aliphatic carbocycles. The molecule has 0 bridgehead atoms. The highest BCUT2D eigenvalue weighted by Crippen LogP contribution is 2.15. The van der Waals surface area contributed by atoms with E-state index in [1.54, 1.807) is 58.0 Å². The summed E-state index contributed by atoms with van der Waals surface area (Å²) in [5.41, 5.74) is 6.40. The highest BCUT2D eigenvalue weighted by atomic mass is 16.4. The quantitative estimate of drug-likeness (QED) is 0.0722. The maximum Gasteiger partial charge on any atom is 0.326 e. The van der Waals surface area contributed by atoms with Gasteiger partial charge in [0.25, 0.3) is 0 Å². The topological polar surface area (TPSA) is 258 Å². The van der Waals surface area contributed by atoms with Gasteiger partial charge in [-0.2, -0.15) is 0 Å². The second-order valence-electron chi connectivity index (χ2n) is 15.4. The van der Waals surface area contributed by atoms with Crippen LogP contribution in [0.25, 0.3) is 0 Å². The van der Waals surface area contributed by atoms with E-state index in [-0.39, 0.29) is 24.7 Å². The number of aliphatic hydroxyl groups excluding tert-OH is 1. The molecule has 10 N–H and O–H groups in total. The predicted octanol–water partition coefficient (Wildman–Crippen LogP) is 1.13. The molecular weight excluding hydrogens is 722 g/mol. The van der Waals surface area contributed by atoms with Gasteiger partial charge in [0, 0.05) is 6.42 Å². The van der Waals surface area contributed by atoms with E-state index in [9.17, 15) is 43.8 Å². The SMILES string of the molecule is CC[C@H](C)[C@H](NC(=O)[C@H](Cc1ccccc1)NC(=O)[C@@H](NC(=O)[C@H](CC(C)C)NC(=O)[C@@H](NC(=O)[C@@H](NC(=O)[C@H](C)N)[C@@H](C)CC)[C@@H](C)O)[C@@H](C)CC)C(=O)O. The van der Waals surface area contributed by atoms with E-state index in [2.05, 4.69) is 31.9 Å². The second-order valence-corrected chi connectivity index (χ2v) is 15.4. The summed E-state index contributed by atoms with van der Waals surface area (Å²) in [6.07, 6.45) is 0.185. The molecule has 0 aliphatic rings. The fraction of sp³-hybridized carbons (Fsp3) is 0.675. The number of nitrogens with one attached hydrogen (secondary N) is 6. The third-order valence-electron chi connectivity index (χ3n) is 10.1. The first-order chi connectivity index (χ1) is 26.2. The van der Waals surface area contributed by atoms with Gasteiger partial charge in [0.15, 0.2) is 0 Å². The van der Waals surface area contributed by atoms with E-state index in [4.69, 9.17) is 5.73 Å². The van der Waals surface area contributed by atoms with Crippen LogP contribution in [0.3, 0.4) is 0 Å². The Morgan fingerprint density at radius 3 is 1.39 bits per heavy atom. The molecule has 0 aromatic heterocycles. The van der Waals surface area contributed by atoms with Gasteiger partial charge in [-0.15, -0.1) is 0 Å². The highest BCUT2D eigenvalue weighted by molar-refractivity contribution is 5.97. The molecule has 0 aliphatic heterocycles. The van der Waals surface area contributed by atoms with Crippen molar-refractivity contribution < 1.29 is 43.8 Å². The van der Waals surface area contributed by atoms with Crippen molar-refractivity contribution in [3.8, 4) is 0 Å². The summed E-state index contributed by atoms with van der Waals surface area (Å²) in [4.78, 5) is 93.1. The van der Waals surface area contributed by atoms with Crippen molar-refractivity contribution in [2.75, 3.05) is 0 Å². The van der Waals surface area contributed by atoms with Crippen LogP contribution in [0, 0.1) is 23.7 Å². The summed E-state index contributed by atoms with van der Waals surface area (Å²) in [5, 5.41) is 36.2. The van der Waals surface area contributed by atoms with Crippen molar-refractivity contribution in [2.24, 2.45) is 29.4 Å². The number of rotatable bonds is 24. The van der Waals surface area contributed by atoms with E-state index in [1.807, 2.05) is 27.7 Å². The van der Waals surface area contributed by atoms with Crippen LogP contribution in [-0.4, -0.2) is 100 Å². The number of nitrogens with two attached hydrogens (primary N) is 1. The number of aliphatic carboxylic acids is 1. The van der Waals surface area contributed by atoms with Gasteiger partial charge in [0.1, 0.15) is 36.3 Å². The van der Waals surface area contributed by atoms with Crippen LogP contribution in [0.15, 0.2) is 30.3 Å². The number of amides is 6. The monoisotopic (exact) mass is 790 g/mol. The van der Waals surface area contributed by atoms with Crippen molar-refractivity contribution in [1.29, 1.82) is 0 Å². The normalized spacial score (nSPS) is 17.2. The Balaban J connectivity index is 3.39. The zero-order chi connectivity index (χ0) is 42.9. The minimum atomic E-state index is -1.51. The van der Waals surface area contributed by atoms with E-state index in [0.717, 1.165) is 0 Å². The van der Waals surface area contributed by atoms with Gasteiger partial charge < -0.3 is 47.8 Å². The summed E-state index contributed by atoms with van der Waals surface area (Å²) in [6.45, 7) is 17.1. The van der Waals surface area contributed by atoms with Gasteiger partial charge >= 0.3 is 5.97 Å². The van der Waals surface area contributed by atoms with Crippen LogP contribution in [0.5, 0.6) is 0 Å². The third kappa shape index (κ3) is 15.9. The highest BCUT2D eigenvalue weighted by Gasteiger charge is 2.37. The van der Waals surface area contributed by atoms with Crippen LogP contribution in [-0.2, 0) is 40.0 Å². The molecule has 0 spiro atoms. The molecule has 16 nitrogen and oxygen atoms in total. The zero-order valence-electron chi connectivity index (χ0n) is 34.7. The number of hydrogen-bond donors (Lipinski definition) is 9. The summed E-state index contributed by atoms with van der Waals surface area (Å²) in [5.74, 6) is -6.79. The van der Waals surface area contributed by atoms with E-state index in [0.29, 0.717) is 24.8 Å². The van der Waals surface area contributed by atoms with Crippen LogP contribution in [0.1, 0.15) is 100 Å². The van der Waals surface area contributed by atoms with Gasteiger partial charge in [0.2, 0.25) is 35.4 Å².